The fraction of sp³-hybridized carbons (Fsp3) is 0.381. The van der Waals surface area contributed by atoms with Crippen LogP contribution in [0.25, 0.3) is 0 Å². The Morgan fingerprint density at radius 3 is 2.47 bits per heavy atom. The van der Waals surface area contributed by atoms with Gasteiger partial charge in [-0.3, -0.25) is 9.10 Å². The van der Waals surface area contributed by atoms with Gasteiger partial charge in [0.2, 0.25) is 20.0 Å². The molecule has 0 spiro atoms. The van der Waals surface area contributed by atoms with Crippen molar-refractivity contribution in [3.8, 4) is 0 Å². The van der Waals surface area contributed by atoms with Gasteiger partial charge in [0.15, 0.2) is 0 Å². The maximum absolute atomic E-state index is 13.1. The van der Waals surface area contributed by atoms with E-state index in [4.69, 9.17) is 4.74 Å². The zero-order chi connectivity index (χ0) is 22.9. The Bertz CT molecular complexity index is 1240. The van der Waals surface area contributed by atoms with Crippen molar-refractivity contribution in [3.63, 3.8) is 0 Å². The van der Waals surface area contributed by atoms with Gasteiger partial charge in [0.05, 0.1) is 30.1 Å². The average Bonchev–Trinajstić information content (AvgIpc) is 3.22. The van der Waals surface area contributed by atoms with Crippen molar-refractivity contribution < 1.29 is 26.4 Å². The molecule has 2 heterocycles. The smallest absolute Gasteiger partial charge is 0.251 e. The summed E-state index contributed by atoms with van der Waals surface area (Å²) in [6.45, 7) is 1.70. The first-order chi connectivity index (χ1) is 15.2. The number of fused-ring (bicyclic) bond motifs is 1. The number of anilines is 1. The van der Waals surface area contributed by atoms with Crippen LogP contribution >= 0.6 is 0 Å². The minimum Gasteiger partial charge on any atom is -0.379 e. The molecule has 0 atom stereocenters. The highest BCUT2D eigenvalue weighted by molar-refractivity contribution is 7.92. The molecule has 2 aromatic carbocycles. The Balaban J connectivity index is 1.50. The fourth-order valence-electron chi connectivity index (χ4n) is 3.96. The van der Waals surface area contributed by atoms with E-state index in [-0.39, 0.29) is 17.3 Å². The van der Waals surface area contributed by atoms with Crippen LogP contribution in [0.3, 0.4) is 0 Å². The summed E-state index contributed by atoms with van der Waals surface area (Å²) in [4.78, 5) is 12.9. The quantitative estimate of drug-likeness (QED) is 0.660. The Morgan fingerprint density at radius 2 is 1.75 bits per heavy atom. The third-order valence-electron chi connectivity index (χ3n) is 5.59. The first kappa shape index (κ1) is 22.7. The zero-order valence-electron chi connectivity index (χ0n) is 17.7. The van der Waals surface area contributed by atoms with E-state index in [1.807, 2.05) is 0 Å². The Morgan fingerprint density at radius 1 is 1.03 bits per heavy atom. The molecule has 0 saturated carbocycles. The summed E-state index contributed by atoms with van der Waals surface area (Å²) >= 11 is 0. The molecular formula is C21H25N3O6S2. The number of carbonyl (C=O) groups is 1. The zero-order valence-corrected chi connectivity index (χ0v) is 19.3. The van der Waals surface area contributed by atoms with Crippen LogP contribution in [0.5, 0.6) is 0 Å². The van der Waals surface area contributed by atoms with Crippen LogP contribution in [0, 0.1) is 0 Å². The van der Waals surface area contributed by atoms with Crippen LogP contribution in [0.1, 0.15) is 21.5 Å². The van der Waals surface area contributed by atoms with Gasteiger partial charge in [-0.15, -0.1) is 0 Å². The number of hydrogen-bond donors (Lipinski definition) is 1. The molecule has 1 saturated heterocycles. The fourth-order valence-corrected chi connectivity index (χ4v) is 6.55. The number of nitrogens with one attached hydrogen (secondary N) is 1. The third-order valence-corrected chi connectivity index (χ3v) is 8.77. The van der Waals surface area contributed by atoms with Crippen LogP contribution in [0.2, 0.25) is 0 Å². The summed E-state index contributed by atoms with van der Waals surface area (Å²) in [7, 11) is -7.05. The first-order valence-electron chi connectivity index (χ1n) is 10.2. The van der Waals surface area contributed by atoms with E-state index < -0.39 is 20.0 Å². The van der Waals surface area contributed by atoms with Crippen LogP contribution in [-0.2, 0) is 37.7 Å². The second-order valence-electron chi connectivity index (χ2n) is 7.74. The third kappa shape index (κ3) is 4.51. The molecule has 9 nitrogen and oxygen atoms in total. The number of ether oxygens (including phenoxy) is 1. The predicted octanol–water partition coefficient (Wildman–Crippen LogP) is 0.960. The SMILES string of the molecule is CS(=O)(=O)N1CCc2cc(C(=O)NCc3ccccc3S(=O)(=O)N3CCOCC3)ccc21. The summed E-state index contributed by atoms with van der Waals surface area (Å²) in [6.07, 6.45) is 1.69. The minimum atomic E-state index is -3.69. The molecule has 0 unspecified atom stereocenters. The van der Waals surface area contributed by atoms with E-state index in [9.17, 15) is 21.6 Å². The number of carbonyl (C=O) groups excluding carboxylic acids is 1. The van der Waals surface area contributed by atoms with Crippen molar-refractivity contribution in [1.82, 2.24) is 9.62 Å². The number of hydrogen-bond acceptors (Lipinski definition) is 6. The second kappa shape index (κ2) is 8.81. The van der Waals surface area contributed by atoms with Gasteiger partial charge < -0.3 is 10.1 Å². The standard InChI is InChI=1S/C21H25N3O6S2/c1-31(26,27)24-9-8-16-14-17(6-7-19(16)24)21(25)22-15-18-4-2-3-5-20(18)32(28,29)23-10-12-30-13-11-23/h2-7,14H,8-13,15H2,1H3,(H,22,25). The lowest BCUT2D eigenvalue weighted by Crippen LogP contribution is -2.41. The highest BCUT2D eigenvalue weighted by atomic mass is 32.2. The van der Waals surface area contributed by atoms with Crippen molar-refractivity contribution in [3.05, 3.63) is 59.2 Å². The van der Waals surface area contributed by atoms with Crippen molar-refractivity contribution in [2.75, 3.05) is 43.4 Å². The summed E-state index contributed by atoms with van der Waals surface area (Å²) in [5.74, 6) is -0.357. The number of rotatable bonds is 6. The number of sulfonamides is 2. The molecule has 32 heavy (non-hydrogen) atoms. The van der Waals surface area contributed by atoms with E-state index in [1.165, 1.54) is 8.61 Å². The number of amides is 1. The first-order valence-corrected chi connectivity index (χ1v) is 13.5. The van der Waals surface area contributed by atoms with Gasteiger partial charge in [0.1, 0.15) is 0 Å². The van der Waals surface area contributed by atoms with Crippen molar-refractivity contribution in [1.29, 1.82) is 0 Å². The molecule has 1 N–H and O–H groups in total. The molecule has 2 aliphatic rings. The van der Waals surface area contributed by atoms with Crippen LogP contribution < -0.4 is 9.62 Å². The highest BCUT2D eigenvalue weighted by Gasteiger charge is 2.29. The lowest BCUT2D eigenvalue weighted by atomic mass is 10.1. The topological polar surface area (TPSA) is 113 Å². The van der Waals surface area contributed by atoms with Gasteiger partial charge in [0.25, 0.3) is 5.91 Å². The molecule has 172 valence electrons. The van der Waals surface area contributed by atoms with Gasteiger partial charge in [-0.1, -0.05) is 18.2 Å². The van der Waals surface area contributed by atoms with E-state index in [2.05, 4.69) is 5.32 Å². The van der Waals surface area contributed by atoms with Crippen molar-refractivity contribution >= 4 is 31.6 Å². The van der Waals surface area contributed by atoms with Gasteiger partial charge in [-0.25, -0.2) is 16.8 Å². The van der Waals surface area contributed by atoms with Crippen LogP contribution in [0.4, 0.5) is 5.69 Å². The lowest BCUT2D eigenvalue weighted by molar-refractivity contribution is 0.0730. The van der Waals surface area contributed by atoms with Gasteiger partial charge in [0, 0.05) is 31.7 Å². The van der Waals surface area contributed by atoms with E-state index in [0.717, 1.165) is 11.8 Å². The highest BCUT2D eigenvalue weighted by Crippen LogP contribution is 2.30. The van der Waals surface area contributed by atoms with Crippen LogP contribution in [-0.4, -0.2) is 66.2 Å². The molecule has 0 radical (unpaired) electrons. The maximum atomic E-state index is 13.1. The van der Waals surface area contributed by atoms with E-state index in [1.54, 1.807) is 42.5 Å². The summed E-state index contributed by atoms with van der Waals surface area (Å²) in [5.41, 5.74) is 2.27. The molecule has 1 fully saturated rings. The Hall–Kier alpha value is -2.47. The number of morpholine rings is 1. The average molecular weight is 480 g/mol. The number of nitrogens with zero attached hydrogens (tertiary/aromatic N) is 2. The summed E-state index contributed by atoms with van der Waals surface area (Å²) < 4.78 is 57.9. The van der Waals surface area contributed by atoms with Gasteiger partial charge in [-0.05, 0) is 41.8 Å². The molecule has 0 aliphatic carbocycles. The van der Waals surface area contributed by atoms with Gasteiger partial charge >= 0.3 is 0 Å². The lowest BCUT2D eigenvalue weighted by Gasteiger charge is -2.27. The normalized spacial score (nSPS) is 17.2. The summed E-state index contributed by atoms with van der Waals surface area (Å²) in [5, 5.41) is 2.78. The van der Waals surface area contributed by atoms with Crippen molar-refractivity contribution in [2.45, 2.75) is 17.9 Å². The van der Waals surface area contributed by atoms with Crippen molar-refractivity contribution in [2.24, 2.45) is 0 Å². The minimum absolute atomic E-state index is 0.0468. The van der Waals surface area contributed by atoms with Gasteiger partial charge in [-0.2, -0.15) is 4.31 Å². The number of benzene rings is 2. The summed E-state index contributed by atoms with van der Waals surface area (Å²) in [6, 6.07) is 11.5. The molecule has 0 bridgehead atoms. The molecule has 2 aliphatic heterocycles. The largest absolute Gasteiger partial charge is 0.379 e. The molecular weight excluding hydrogens is 454 g/mol. The maximum Gasteiger partial charge on any atom is 0.251 e. The molecule has 2 aromatic rings. The van der Waals surface area contributed by atoms with Crippen LogP contribution in [0.15, 0.2) is 47.4 Å². The molecule has 1 amide bonds. The van der Waals surface area contributed by atoms with E-state index in [0.29, 0.717) is 56.1 Å². The molecule has 0 aromatic heterocycles. The predicted molar refractivity (Wildman–Crippen MR) is 120 cm³/mol. The second-order valence-corrected chi connectivity index (χ2v) is 11.5. The molecule has 4 rings (SSSR count). The molecule has 11 heteroatoms. The van der Waals surface area contributed by atoms with E-state index >= 15 is 0 Å². The Labute approximate surface area is 188 Å². The Kier molecular flexibility index (Phi) is 6.26. The monoisotopic (exact) mass is 479 g/mol.